The van der Waals surface area contributed by atoms with Crippen LogP contribution in [0.15, 0.2) is 36.5 Å². The molecule has 3 nitrogen and oxygen atoms in total. The monoisotopic (exact) mass is 286 g/mol. The van der Waals surface area contributed by atoms with Gasteiger partial charge < -0.3 is 10.1 Å². The molecule has 2 rings (SSSR count). The highest BCUT2D eigenvalue weighted by Gasteiger charge is 2.04. The van der Waals surface area contributed by atoms with Crippen LogP contribution in [0.4, 0.5) is 0 Å². The van der Waals surface area contributed by atoms with E-state index in [-0.39, 0.29) is 0 Å². The Balaban J connectivity index is 1.78. The highest BCUT2D eigenvalue weighted by Crippen LogP contribution is 2.23. The smallest absolute Gasteiger partial charge is 0.128 e. The predicted octanol–water partition coefficient (Wildman–Crippen LogP) is 4.03. The standard InChI is InChI=1S/C18H26N2O/c1-14(2)9-10-15(3)19-12-13-21-18-8-4-7-17-16(18)6-5-11-20-17/h4-8,11,14-15,19H,9-10,12-13H2,1-3H3. The zero-order chi connectivity index (χ0) is 15.1. The maximum absolute atomic E-state index is 5.89. The second-order valence-electron chi connectivity index (χ2n) is 6.00. The summed E-state index contributed by atoms with van der Waals surface area (Å²) in [6.07, 6.45) is 4.30. The van der Waals surface area contributed by atoms with Crippen molar-refractivity contribution in [1.82, 2.24) is 10.3 Å². The number of nitrogens with one attached hydrogen (secondary N) is 1. The largest absolute Gasteiger partial charge is 0.492 e. The van der Waals surface area contributed by atoms with Gasteiger partial charge in [-0.3, -0.25) is 4.98 Å². The molecule has 1 atom stereocenters. The molecule has 0 saturated carbocycles. The van der Waals surface area contributed by atoms with Crippen LogP contribution in [0.3, 0.4) is 0 Å². The van der Waals surface area contributed by atoms with Gasteiger partial charge in [-0.15, -0.1) is 0 Å². The molecule has 0 aliphatic rings. The van der Waals surface area contributed by atoms with Crippen molar-refractivity contribution in [2.75, 3.05) is 13.2 Å². The summed E-state index contributed by atoms with van der Waals surface area (Å²) in [5.74, 6) is 1.69. The number of aromatic nitrogens is 1. The third-order valence-electron chi connectivity index (χ3n) is 3.64. The van der Waals surface area contributed by atoms with E-state index in [2.05, 4.69) is 37.1 Å². The number of benzene rings is 1. The summed E-state index contributed by atoms with van der Waals surface area (Å²) in [6, 6.07) is 10.5. The van der Waals surface area contributed by atoms with Gasteiger partial charge in [-0.1, -0.05) is 19.9 Å². The zero-order valence-corrected chi connectivity index (χ0v) is 13.3. The molecule has 2 aromatic rings. The lowest BCUT2D eigenvalue weighted by molar-refractivity contribution is 0.306. The van der Waals surface area contributed by atoms with Gasteiger partial charge in [0.05, 0.1) is 5.52 Å². The van der Waals surface area contributed by atoms with Crippen molar-refractivity contribution in [3.63, 3.8) is 0 Å². The van der Waals surface area contributed by atoms with Crippen LogP contribution in [0.5, 0.6) is 5.75 Å². The highest BCUT2D eigenvalue weighted by atomic mass is 16.5. The van der Waals surface area contributed by atoms with Crippen molar-refractivity contribution in [2.45, 2.75) is 39.7 Å². The van der Waals surface area contributed by atoms with Crippen molar-refractivity contribution < 1.29 is 4.74 Å². The molecule has 0 aliphatic carbocycles. The fourth-order valence-electron chi connectivity index (χ4n) is 2.35. The van der Waals surface area contributed by atoms with Crippen molar-refractivity contribution in [3.8, 4) is 5.75 Å². The zero-order valence-electron chi connectivity index (χ0n) is 13.3. The highest BCUT2D eigenvalue weighted by molar-refractivity contribution is 5.84. The molecule has 1 aromatic carbocycles. The number of pyridine rings is 1. The fourth-order valence-corrected chi connectivity index (χ4v) is 2.35. The number of nitrogens with zero attached hydrogens (tertiary/aromatic N) is 1. The first-order valence-electron chi connectivity index (χ1n) is 7.86. The van der Waals surface area contributed by atoms with Crippen LogP contribution in [0, 0.1) is 5.92 Å². The maximum Gasteiger partial charge on any atom is 0.128 e. The Kier molecular flexibility index (Phi) is 6.00. The third-order valence-corrected chi connectivity index (χ3v) is 3.64. The fraction of sp³-hybridized carbons (Fsp3) is 0.500. The topological polar surface area (TPSA) is 34.1 Å². The van der Waals surface area contributed by atoms with E-state index in [1.165, 1.54) is 12.8 Å². The Morgan fingerprint density at radius 1 is 1.10 bits per heavy atom. The summed E-state index contributed by atoms with van der Waals surface area (Å²) in [7, 11) is 0. The Morgan fingerprint density at radius 3 is 2.76 bits per heavy atom. The van der Waals surface area contributed by atoms with E-state index in [1.807, 2.05) is 30.5 Å². The minimum absolute atomic E-state index is 0.546. The summed E-state index contributed by atoms with van der Waals surface area (Å²) in [5.41, 5.74) is 0.980. The van der Waals surface area contributed by atoms with Gasteiger partial charge in [0, 0.05) is 24.2 Å². The summed E-state index contributed by atoms with van der Waals surface area (Å²) in [4.78, 5) is 4.34. The van der Waals surface area contributed by atoms with Gasteiger partial charge in [0.25, 0.3) is 0 Å². The minimum atomic E-state index is 0.546. The second-order valence-corrected chi connectivity index (χ2v) is 6.00. The molecular weight excluding hydrogens is 260 g/mol. The molecule has 0 saturated heterocycles. The Bertz CT molecular complexity index is 548. The Hall–Kier alpha value is -1.61. The van der Waals surface area contributed by atoms with Crippen molar-refractivity contribution in [3.05, 3.63) is 36.5 Å². The van der Waals surface area contributed by atoms with E-state index in [4.69, 9.17) is 4.74 Å². The number of fused-ring (bicyclic) bond motifs is 1. The molecule has 0 fully saturated rings. The van der Waals surface area contributed by atoms with Gasteiger partial charge >= 0.3 is 0 Å². The first-order valence-corrected chi connectivity index (χ1v) is 7.86. The number of ether oxygens (including phenoxy) is 1. The Labute approximate surface area is 127 Å². The normalized spacial score (nSPS) is 12.8. The molecule has 0 spiro atoms. The number of rotatable bonds is 8. The molecule has 0 bridgehead atoms. The van der Waals surface area contributed by atoms with E-state index in [1.54, 1.807) is 0 Å². The second kappa shape index (κ2) is 7.99. The lowest BCUT2D eigenvalue weighted by atomic mass is 10.0. The molecule has 1 unspecified atom stereocenters. The quantitative estimate of drug-likeness (QED) is 0.744. The first-order chi connectivity index (χ1) is 10.2. The van der Waals surface area contributed by atoms with E-state index >= 15 is 0 Å². The molecule has 0 aliphatic heterocycles. The van der Waals surface area contributed by atoms with E-state index in [0.717, 1.165) is 29.1 Å². The average molecular weight is 286 g/mol. The maximum atomic E-state index is 5.89. The molecule has 1 heterocycles. The summed E-state index contributed by atoms with van der Waals surface area (Å²) in [5, 5.41) is 4.59. The van der Waals surface area contributed by atoms with Crippen LogP contribution in [0.25, 0.3) is 10.9 Å². The van der Waals surface area contributed by atoms with Crippen molar-refractivity contribution in [1.29, 1.82) is 0 Å². The van der Waals surface area contributed by atoms with Gasteiger partial charge in [-0.25, -0.2) is 0 Å². The molecule has 3 heteroatoms. The van der Waals surface area contributed by atoms with Crippen molar-refractivity contribution >= 4 is 10.9 Å². The lowest BCUT2D eigenvalue weighted by Crippen LogP contribution is -2.30. The summed E-state index contributed by atoms with van der Waals surface area (Å²) in [6.45, 7) is 8.33. The lowest BCUT2D eigenvalue weighted by Gasteiger charge is -2.15. The van der Waals surface area contributed by atoms with Crippen LogP contribution < -0.4 is 10.1 Å². The molecule has 0 radical (unpaired) electrons. The van der Waals surface area contributed by atoms with Crippen LogP contribution in [0.1, 0.15) is 33.6 Å². The molecule has 1 aromatic heterocycles. The SMILES string of the molecule is CC(C)CCC(C)NCCOc1cccc2ncccc12. The van der Waals surface area contributed by atoms with Crippen molar-refractivity contribution in [2.24, 2.45) is 5.92 Å². The molecular formula is C18H26N2O. The molecule has 21 heavy (non-hydrogen) atoms. The Morgan fingerprint density at radius 2 is 1.95 bits per heavy atom. The summed E-state index contributed by atoms with van der Waals surface area (Å²) < 4.78 is 5.89. The predicted molar refractivity (Wildman–Crippen MR) is 88.8 cm³/mol. The minimum Gasteiger partial charge on any atom is -0.492 e. The number of hydrogen-bond acceptors (Lipinski definition) is 3. The molecule has 1 N–H and O–H groups in total. The molecule has 0 amide bonds. The van der Waals surface area contributed by atoms with Crippen LogP contribution >= 0.6 is 0 Å². The van der Waals surface area contributed by atoms with Gasteiger partial charge in [0.2, 0.25) is 0 Å². The number of hydrogen-bond donors (Lipinski definition) is 1. The average Bonchev–Trinajstić information content (AvgIpc) is 2.49. The van der Waals surface area contributed by atoms with Gasteiger partial charge in [-0.05, 0) is 49.9 Å². The van der Waals surface area contributed by atoms with Gasteiger partial charge in [0.1, 0.15) is 12.4 Å². The van der Waals surface area contributed by atoms with Gasteiger partial charge in [-0.2, -0.15) is 0 Å². The van der Waals surface area contributed by atoms with Crippen LogP contribution in [-0.4, -0.2) is 24.2 Å². The van der Waals surface area contributed by atoms with Crippen LogP contribution in [-0.2, 0) is 0 Å². The van der Waals surface area contributed by atoms with Gasteiger partial charge in [0.15, 0.2) is 0 Å². The van der Waals surface area contributed by atoms with Crippen LogP contribution in [0.2, 0.25) is 0 Å². The summed E-state index contributed by atoms with van der Waals surface area (Å²) >= 11 is 0. The van der Waals surface area contributed by atoms with E-state index in [0.29, 0.717) is 12.6 Å². The molecule has 114 valence electrons. The van der Waals surface area contributed by atoms with E-state index < -0.39 is 0 Å². The third kappa shape index (κ3) is 5.01. The first kappa shape index (κ1) is 15.8. The van der Waals surface area contributed by atoms with E-state index in [9.17, 15) is 0 Å².